The van der Waals surface area contributed by atoms with Crippen LogP contribution < -0.4 is 10.5 Å². The van der Waals surface area contributed by atoms with Gasteiger partial charge in [-0.3, -0.25) is 0 Å². The summed E-state index contributed by atoms with van der Waals surface area (Å²) in [6, 6.07) is 6.50. The van der Waals surface area contributed by atoms with Crippen molar-refractivity contribution in [3.05, 3.63) is 29.6 Å². The van der Waals surface area contributed by atoms with E-state index in [1.54, 1.807) is 19.1 Å². The molecule has 0 aromatic heterocycles. The SMILES string of the molecule is C[C@H](N)c1ccc(OCCCC#N)c(F)c1. The van der Waals surface area contributed by atoms with Crippen LogP contribution in [0.25, 0.3) is 0 Å². The predicted molar refractivity (Wildman–Crippen MR) is 59.3 cm³/mol. The fourth-order valence-corrected chi connectivity index (χ4v) is 1.25. The van der Waals surface area contributed by atoms with Crippen LogP contribution in [0, 0.1) is 17.1 Å². The van der Waals surface area contributed by atoms with Crippen molar-refractivity contribution in [2.45, 2.75) is 25.8 Å². The normalized spacial score (nSPS) is 11.9. The Morgan fingerprint density at radius 3 is 2.88 bits per heavy atom. The summed E-state index contributed by atoms with van der Waals surface area (Å²) < 4.78 is 18.7. The molecule has 86 valence electrons. The molecule has 1 aromatic carbocycles. The van der Waals surface area contributed by atoms with Crippen LogP contribution in [0.5, 0.6) is 5.75 Å². The molecule has 0 heterocycles. The van der Waals surface area contributed by atoms with E-state index < -0.39 is 5.82 Å². The number of hydrogen-bond donors (Lipinski definition) is 1. The van der Waals surface area contributed by atoms with Crippen molar-refractivity contribution in [1.82, 2.24) is 0 Å². The Hall–Kier alpha value is -1.60. The van der Waals surface area contributed by atoms with Gasteiger partial charge in [-0.05, 0) is 31.0 Å². The molecule has 0 saturated heterocycles. The maximum absolute atomic E-state index is 13.5. The second-order valence-electron chi connectivity index (χ2n) is 3.59. The molecule has 0 saturated carbocycles. The molecule has 3 nitrogen and oxygen atoms in total. The lowest BCUT2D eigenvalue weighted by Crippen LogP contribution is -2.06. The fourth-order valence-electron chi connectivity index (χ4n) is 1.25. The van der Waals surface area contributed by atoms with Crippen LogP contribution in [0.2, 0.25) is 0 Å². The number of ether oxygens (including phenoxy) is 1. The van der Waals surface area contributed by atoms with Gasteiger partial charge in [-0.25, -0.2) is 4.39 Å². The molecular weight excluding hydrogens is 207 g/mol. The molecule has 16 heavy (non-hydrogen) atoms. The summed E-state index contributed by atoms with van der Waals surface area (Å²) in [5, 5.41) is 8.32. The molecule has 1 atom stereocenters. The lowest BCUT2D eigenvalue weighted by atomic mass is 10.1. The van der Waals surface area contributed by atoms with Crippen molar-refractivity contribution in [3.63, 3.8) is 0 Å². The maximum atomic E-state index is 13.5. The molecule has 4 heteroatoms. The molecule has 0 radical (unpaired) electrons. The van der Waals surface area contributed by atoms with E-state index in [2.05, 4.69) is 0 Å². The summed E-state index contributed by atoms with van der Waals surface area (Å²) in [4.78, 5) is 0. The summed E-state index contributed by atoms with van der Waals surface area (Å²) in [7, 11) is 0. The van der Waals surface area contributed by atoms with E-state index in [1.165, 1.54) is 6.07 Å². The van der Waals surface area contributed by atoms with E-state index in [9.17, 15) is 4.39 Å². The standard InChI is InChI=1S/C12H15FN2O/c1-9(15)10-4-5-12(11(13)8-10)16-7-3-2-6-14/h4-5,8-9H,2-3,7,15H2,1H3/t9-/m0/s1. The number of hydrogen-bond acceptors (Lipinski definition) is 3. The van der Waals surface area contributed by atoms with Gasteiger partial charge in [0.05, 0.1) is 12.7 Å². The molecule has 1 aromatic rings. The Kier molecular flexibility index (Phi) is 4.74. The topological polar surface area (TPSA) is 59.0 Å². The third-order valence-corrected chi connectivity index (χ3v) is 2.17. The van der Waals surface area contributed by atoms with Crippen LogP contribution in [-0.4, -0.2) is 6.61 Å². The lowest BCUT2D eigenvalue weighted by Gasteiger charge is -2.09. The Labute approximate surface area is 94.6 Å². The van der Waals surface area contributed by atoms with Crippen molar-refractivity contribution < 1.29 is 9.13 Å². The zero-order valence-electron chi connectivity index (χ0n) is 9.24. The number of nitriles is 1. The number of nitrogens with two attached hydrogens (primary N) is 1. The molecule has 0 bridgehead atoms. The van der Waals surface area contributed by atoms with Gasteiger partial charge in [0, 0.05) is 12.5 Å². The highest BCUT2D eigenvalue weighted by molar-refractivity contribution is 5.30. The van der Waals surface area contributed by atoms with Crippen LogP contribution in [0.4, 0.5) is 4.39 Å². The Bertz CT molecular complexity index is 385. The molecule has 2 N–H and O–H groups in total. The van der Waals surface area contributed by atoms with Gasteiger partial charge < -0.3 is 10.5 Å². The van der Waals surface area contributed by atoms with Crippen LogP contribution in [0.1, 0.15) is 31.4 Å². The lowest BCUT2D eigenvalue weighted by molar-refractivity contribution is 0.297. The van der Waals surface area contributed by atoms with E-state index in [0.29, 0.717) is 19.4 Å². The average molecular weight is 222 g/mol. The zero-order chi connectivity index (χ0) is 12.0. The van der Waals surface area contributed by atoms with E-state index in [4.69, 9.17) is 15.7 Å². The first-order valence-corrected chi connectivity index (χ1v) is 5.20. The van der Waals surface area contributed by atoms with E-state index in [-0.39, 0.29) is 11.8 Å². The molecular formula is C12H15FN2O. The quantitative estimate of drug-likeness (QED) is 0.779. The summed E-state index contributed by atoms with van der Waals surface area (Å²) in [6.07, 6.45) is 1.02. The first kappa shape index (κ1) is 12.5. The van der Waals surface area contributed by atoms with Gasteiger partial charge in [-0.1, -0.05) is 6.07 Å². The second-order valence-corrected chi connectivity index (χ2v) is 3.59. The molecule has 0 aliphatic rings. The number of rotatable bonds is 5. The Morgan fingerprint density at radius 1 is 1.56 bits per heavy atom. The minimum atomic E-state index is -0.410. The molecule has 0 fully saturated rings. The minimum Gasteiger partial charge on any atom is -0.490 e. The maximum Gasteiger partial charge on any atom is 0.165 e. The second kappa shape index (κ2) is 6.09. The summed E-state index contributed by atoms with van der Waals surface area (Å²) in [5.41, 5.74) is 6.37. The number of benzene rings is 1. The highest BCUT2D eigenvalue weighted by Gasteiger charge is 2.06. The molecule has 0 aliphatic carbocycles. The van der Waals surface area contributed by atoms with Crippen LogP contribution in [0.15, 0.2) is 18.2 Å². The smallest absolute Gasteiger partial charge is 0.165 e. The molecule has 0 spiro atoms. The van der Waals surface area contributed by atoms with Gasteiger partial charge >= 0.3 is 0 Å². The Morgan fingerprint density at radius 2 is 2.31 bits per heavy atom. The molecule has 1 rings (SSSR count). The van der Waals surface area contributed by atoms with E-state index in [0.717, 1.165) is 5.56 Å². The van der Waals surface area contributed by atoms with Gasteiger partial charge in [-0.2, -0.15) is 5.26 Å². The van der Waals surface area contributed by atoms with Crippen LogP contribution >= 0.6 is 0 Å². The first-order valence-electron chi connectivity index (χ1n) is 5.20. The third kappa shape index (κ3) is 3.52. The molecule has 0 amide bonds. The summed E-state index contributed by atoms with van der Waals surface area (Å²) >= 11 is 0. The van der Waals surface area contributed by atoms with Crippen LogP contribution in [0.3, 0.4) is 0 Å². The van der Waals surface area contributed by atoms with E-state index >= 15 is 0 Å². The monoisotopic (exact) mass is 222 g/mol. The number of nitrogens with zero attached hydrogens (tertiary/aromatic N) is 1. The van der Waals surface area contributed by atoms with Gasteiger partial charge in [0.2, 0.25) is 0 Å². The van der Waals surface area contributed by atoms with Crippen molar-refractivity contribution in [1.29, 1.82) is 5.26 Å². The van der Waals surface area contributed by atoms with E-state index in [1.807, 2.05) is 6.07 Å². The summed E-state index contributed by atoms with van der Waals surface area (Å²) in [6.45, 7) is 2.14. The highest BCUT2D eigenvalue weighted by atomic mass is 19.1. The average Bonchev–Trinajstić information content (AvgIpc) is 2.26. The summed E-state index contributed by atoms with van der Waals surface area (Å²) in [5.74, 6) is -0.200. The van der Waals surface area contributed by atoms with Crippen molar-refractivity contribution in [3.8, 4) is 11.8 Å². The van der Waals surface area contributed by atoms with Gasteiger partial charge in [-0.15, -0.1) is 0 Å². The zero-order valence-corrected chi connectivity index (χ0v) is 9.24. The fraction of sp³-hybridized carbons (Fsp3) is 0.417. The number of unbranched alkanes of at least 4 members (excludes halogenated alkanes) is 1. The Balaban J connectivity index is 2.58. The van der Waals surface area contributed by atoms with Crippen molar-refractivity contribution in [2.24, 2.45) is 5.73 Å². The third-order valence-electron chi connectivity index (χ3n) is 2.17. The largest absolute Gasteiger partial charge is 0.490 e. The molecule has 0 aliphatic heterocycles. The van der Waals surface area contributed by atoms with Crippen LogP contribution in [-0.2, 0) is 0 Å². The van der Waals surface area contributed by atoms with Gasteiger partial charge in [0.15, 0.2) is 11.6 Å². The van der Waals surface area contributed by atoms with Gasteiger partial charge in [0.25, 0.3) is 0 Å². The van der Waals surface area contributed by atoms with Crippen molar-refractivity contribution >= 4 is 0 Å². The highest BCUT2D eigenvalue weighted by Crippen LogP contribution is 2.21. The van der Waals surface area contributed by atoms with Gasteiger partial charge in [0.1, 0.15) is 0 Å². The first-order chi connectivity index (χ1) is 7.65. The molecule has 0 unspecified atom stereocenters. The van der Waals surface area contributed by atoms with Crippen molar-refractivity contribution in [2.75, 3.05) is 6.61 Å². The predicted octanol–water partition coefficient (Wildman–Crippen LogP) is 2.53. The minimum absolute atomic E-state index is 0.192. The number of halogens is 1.